The molecule has 0 radical (unpaired) electrons. The lowest BCUT2D eigenvalue weighted by Crippen LogP contribution is -2.11. The van der Waals surface area contributed by atoms with Crippen LogP contribution in [-0.2, 0) is 4.74 Å². The van der Waals surface area contributed by atoms with E-state index in [1.54, 1.807) is 31.2 Å². The number of H-pyrrole nitrogens is 1. The van der Waals surface area contributed by atoms with Gasteiger partial charge in [0.15, 0.2) is 0 Å². The fourth-order valence-electron chi connectivity index (χ4n) is 1.42. The highest BCUT2D eigenvalue weighted by atomic mass is 16.5. The van der Waals surface area contributed by atoms with Gasteiger partial charge in [0.2, 0.25) is 0 Å². The van der Waals surface area contributed by atoms with Crippen molar-refractivity contribution in [1.29, 1.82) is 0 Å². The number of aromatic nitrogens is 3. The van der Waals surface area contributed by atoms with E-state index in [1.165, 1.54) is 6.20 Å². The van der Waals surface area contributed by atoms with Gasteiger partial charge in [0.25, 0.3) is 0 Å². The second-order valence-electron chi connectivity index (χ2n) is 3.47. The smallest absolute Gasteiger partial charge is 0.361 e. The molecule has 0 unspecified atom stereocenters. The summed E-state index contributed by atoms with van der Waals surface area (Å²) in [6, 6.07) is 6.71. The summed E-state index contributed by atoms with van der Waals surface area (Å²) in [6.45, 7) is 2.09. The highest BCUT2D eigenvalue weighted by Crippen LogP contribution is 2.15. The molecule has 0 saturated heterocycles. The Morgan fingerprint density at radius 2 is 2.06 bits per heavy atom. The predicted octanol–water partition coefficient (Wildman–Crippen LogP) is 1.01. The SMILES string of the molecule is CCOC(=O)c1ccc(-c2cnc(=O)[nH]n2)cc1. The van der Waals surface area contributed by atoms with Crippen molar-refractivity contribution < 1.29 is 9.53 Å². The molecule has 0 bridgehead atoms. The molecule has 2 rings (SSSR count). The standard InChI is InChI=1S/C12H11N3O3/c1-2-18-11(16)9-5-3-8(4-6-9)10-7-13-12(17)15-14-10/h3-7H,2H2,1H3,(H,13,15,17). The number of esters is 1. The van der Waals surface area contributed by atoms with Crippen LogP contribution in [0.1, 0.15) is 17.3 Å². The van der Waals surface area contributed by atoms with E-state index in [0.29, 0.717) is 17.9 Å². The summed E-state index contributed by atoms with van der Waals surface area (Å²) in [4.78, 5) is 25.8. The lowest BCUT2D eigenvalue weighted by Gasteiger charge is -2.03. The zero-order chi connectivity index (χ0) is 13.0. The van der Waals surface area contributed by atoms with Crippen LogP contribution in [0.4, 0.5) is 0 Å². The molecule has 0 amide bonds. The fourth-order valence-corrected chi connectivity index (χ4v) is 1.42. The maximum absolute atomic E-state index is 11.4. The van der Waals surface area contributed by atoms with Gasteiger partial charge in [-0.25, -0.2) is 14.7 Å². The zero-order valence-electron chi connectivity index (χ0n) is 9.71. The Hall–Kier alpha value is -2.50. The normalized spacial score (nSPS) is 10.1. The lowest BCUT2D eigenvalue weighted by atomic mass is 10.1. The molecule has 0 saturated carbocycles. The molecule has 0 spiro atoms. The van der Waals surface area contributed by atoms with Gasteiger partial charge in [-0.05, 0) is 19.1 Å². The highest BCUT2D eigenvalue weighted by molar-refractivity contribution is 5.89. The molecule has 6 nitrogen and oxygen atoms in total. The quantitative estimate of drug-likeness (QED) is 0.815. The van der Waals surface area contributed by atoms with Crippen molar-refractivity contribution in [2.24, 2.45) is 0 Å². The first-order valence-corrected chi connectivity index (χ1v) is 5.40. The van der Waals surface area contributed by atoms with E-state index in [1.807, 2.05) is 0 Å². The Morgan fingerprint density at radius 3 is 2.61 bits per heavy atom. The minimum Gasteiger partial charge on any atom is -0.462 e. The molecule has 0 aliphatic heterocycles. The van der Waals surface area contributed by atoms with Gasteiger partial charge >= 0.3 is 11.7 Å². The number of carbonyl (C=O) groups excluding carboxylic acids is 1. The summed E-state index contributed by atoms with van der Waals surface area (Å²) in [5, 5.41) is 6.09. The van der Waals surface area contributed by atoms with Crippen molar-refractivity contribution in [2.45, 2.75) is 6.92 Å². The number of benzene rings is 1. The maximum Gasteiger partial charge on any atom is 0.361 e. The van der Waals surface area contributed by atoms with Crippen molar-refractivity contribution in [2.75, 3.05) is 6.61 Å². The van der Waals surface area contributed by atoms with E-state index in [2.05, 4.69) is 15.2 Å². The molecule has 0 atom stereocenters. The lowest BCUT2D eigenvalue weighted by molar-refractivity contribution is 0.0526. The van der Waals surface area contributed by atoms with Crippen molar-refractivity contribution in [3.8, 4) is 11.3 Å². The zero-order valence-corrected chi connectivity index (χ0v) is 9.71. The topological polar surface area (TPSA) is 84.9 Å². The number of aromatic amines is 1. The van der Waals surface area contributed by atoms with Gasteiger partial charge in [-0.1, -0.05) is 12.1 Å². The molecule has 0 aliphatic carbocycles. The summed E-state index contributed by atoms with van der Waals surface area (Å²) < 4.78 is 4.87. The van der Waals surface area contributed by atoms with Crippen LogP contribution < -0.4 is 5.69 Å². The average molecular weight is 245 g/mol. The highest BCUT2D eigenvalue weighted by Gasteiger charge is 2.06. The van der Waals surface area contributed by atoms with Gasteiger partial charge in [-0.3, -0.25) is 0 Å². The molecule has 2 aromatic rings. The molecule has 92 valence electrons. The van der Waals surface area contributed by atoms with Gasteiger partial charge in [-0.15, -0.1) is 0 Å². The molecular weight excluding hydrogens is 234 g/mol. The number of nitrogens with one attached hydrogen (secondary N) is 1. The van der Waals surface area contributed by atoms with Gasteiger partial charge in [-0.2, -0.15) is 10.1 Å². The predicted molar refractivity (Wildman–Crippen MR) is 64.0 cm³/mol. The number of hydrogen-bond acceptors (Lipinski definition) is 5. The van der Waals surface area contributed by atoms with Gasteiger partial charge < -0.3 is 4.74 Å². The van der Waals surface area contributed by atoms with Gasteiger partial charge in [0.1, 0.15) is 5.69 Å². The third-order valence-electron chi connectivity index (χ3n) is 2.27. The average Bonchev–Trinajstić information content (AvgIpc) is 2.40. The summed E-state index contributed by atoms with van der Waals surface area (Å²) in [5.41, 5.74) is 1.26. The molecule has 1 heterocycles. The second-order valence-corrected chi connectivity index (χ2v) is 3.47. The van der Waals surface area contributed by atoms with E-state index in [9.17, 15) is 9.59 Å². The van der Waals surface area contributed by atoms with E-state index >= 15 is 0 Å². The van der Waals surface area contributed by atoms with E-state index < -0.39 is 5.69 Å². The molecule has 1 aromatic carbocycles. The summed E-state index contributed by atoms with van der Waals surface area (Å²) in [7, 11) is 0. The van der Waals surface area contributed by atoms with Crippen LogP contribution in [0, 0.1) is 0 Å². The molecule has 1 aromatic heterocycles. The number of ether oxygens (including phenoxy) is 1. The minimum absolute atomic E-state index is 0.339. The monoisotopic (exact) mass is 245 g/mol. The first kappa shape index (κ1) is 12.0. The van der Waals surface area contributed by atoms with E-state index in [4.69, 9.17) is 4.74 Å². The second kappa shape index (κ2) is 5.22. The van der Waals surface area contributed by atoms with Crippen molar-refractivity contribution in [3.63, 3.8) is 0 Å². The first-order chi connectivity index (χ1) is 8.70. The van der Waals surface area contributed by atoms with E-state index in [0.717, 1.165) is 5.56 Å². The Balaban J connectivity index is 2.24. The third-order valence-corrected chi connectivity index (χ3v) is 2.27. The minimum atomic E-state index is -0.498. The molecule has 6 heteroatoms. The maximum atomic E-state index is 11.4. The molecule has 18 heavy (non-hydrogen) atoms. The Labute approximate surface area is 103 Å². The van der Waals surface area contributed by atoms with Gasteiger partial charge in [0.05, 0.1) is 18.4 Å². The van der Waals surface area contributed by atoms with Crippen LogP contribution in [0.5, 0.6) is 0 Å². The molecular formula is C12H11N3O3. The third kappa shape index (κ3) is 2.60. The van der Waals surface area contributed by atoms with Crippen LogP contribution in [0.25, 0.3) is 11.3 Å². The Bertz CT molecular complexity index is 584. The van der Waals surface area contributed by atoms with Crippen molar-refractivity contribution >= 4 is 5.97 Å². The Morgan fingerprint density at radius 1 is 1.33 bits per heavy atom. The number of carbonyl (C=O) groups is 1. The van der Waals surface area contributed by atoms with Gasteiger partial charge in [0, 0.05) is 5.56 Å². The summed E-state index contributed by atoms with van der Waals surface area (Å²) >= 11 is 0. The van der Waals surface area contributed by atoms with Crippen molar-refractivity contribution in [3.05, 3.63) is 46.5 Å². The number of hydrogen-bond donors (Lipinski definition) is 1. The van der Waals surface area contributed by atoms with Crippen LogP contribution in [0.2, 0.25) is 0 Å². The van der Waals surface area contributed by atoms with Crippen LogP contribution >= 0.6 is 0 Å². The van der Waals surface area contributed by atoms with E-state index in [-0.39, 0.29) is 5.97 Å². The summed E-state index contributed by atoms with van der Waals surface area (Å²) in [6.07, 6.45) is 1.37. The summed E-state index contributed by atoms with van der Waals surface area (Å²) in [5.74, 6) is -0.364. The first-order valence-electron chi connectivity index (χ1n) is 5.40. The largest absolute Gasteiger partial charge is 0.462 e. The molecule has 1 N–H and O–H groups in total. The molecule has 0 fully saturated rings. The van der Waals surface area contributed by atoms with Crippen LogP contribution in [0.3, 0.4) is 0 Å². The Kier molecular flexibility index (Phi) is 3.47. The molecule has 0 aliphatic rings. The number of nitrogens with zero attached hydrogens (tertiary/aromatic N) is 2. The van der Waals surface area contributed by atoms with Crippen molar-refractivity contribution in [1.82, 2.24) is 15.2 Å². The van der Waals surface area contributed by atoms with Crippen LogP contribution in [0.15, 0.2) is 35.3 Å². The van der Waals surface area contributed by atoms with Crippen LogP contribution in [-0.4, -0.2) is 27.8 Å². The number of rotatable bonds is 3. The fraction of sp³-hybridized carbons (Fsp3) is 0.167.